The largest absolute Gasteiger partial charge is 0.478 e. The van der Waals surface area contributed by atoms with Crippen molar-refractivity contribution >= 4 is 17.7 Å². The lowest BCUT2D eigenvalue weighted by molar-refractivity contribution is 0.0692. The van der Waals surface area contributed by atoms with Gasteiger partial charge in [-0.1, -0.05) is 27.7 Å². The van der Waals surface area contributed by atoms with Crippen LogP contribution in [-0.4, -0.2) is 23.7 Å². The summed E-state index contributed by atoms with van der Waals surface area (Å²) in [5.41, 5.74) is -0.309. The van der Waals surface area contributed by atoms with Gasteiger partial charge in [0.05, 0.1) is 5.56 Å². The molecule has 21 heavy (non-hydrogen) atoms. The molecule has 0 aliphatic rings. The molecular formula is C15H21FN2O3. The minimum Gasteiger partial charge on any atom is -0.478 e. The van der Waals surface area contributed by atoms with Crippen molar-refractivity contribution in [3.05, 3.63) is 29.6 Å². The van der Waals surface area contributed by atoms with Crippen LogP contribution in [0.15, 0.2) is 18.2 Å². The summed E-state index contributed by atoms with van der Waals surface area (Å²) in [6.45, 7) is 8.69. The van der Waals surface area contributed by atoms with Gasteiger partial charge < -0.3 is 15.7 Å². The van der Waals surface area contributed by atoms with Gasteiger partial charge >= 0.3 is 12.0 Å². The highest BCUT2D eigenvalue weighted by molar-refractivity contribution is 5.93. The molecule has 6 heteroatoms. The summed E-state index contributed by atoms with van der Waals surface area (Å²) in [5, 5.41) is 14.0. The van der Waals surface area contributed by atoms with Gasteiger partial charge in [0, 0.05) is 12.2 Å². The lowest BCUT2D eigenvalue weighted by atomic mass is 9.81. The number of halogens is 1. The molecule has 0 saturated carbocycles. The van der Waals surface area contributed by atoms with Crippen molar-refractivity contribution in [1.29, 1.82) is 0 Å². The normalized spacial score (nSPS) is 11.3. The highest BCUT2D eigenvalue weighted by Crippen LogP contribution is 2.24. The van der Waals surface area contributed by atoms with E-state index < -0.39 is 23.4 Å². The SMILES string of the molecule is CC(C)C(C)(C)CNC(=O)Nc1ccc(F)c(C(=O)O)c1. The van der Waals surface area contributed by atoms with Gasteiger partial charge in [0.25, 0.3) is 0 Å². The Kier molecular flexibility index (Phi) is 5.29. The van der Waals surface area contributed by atoms with E-state index in [1.165, 1.54) is 6.07 Å². The van der Waals surface area contributed by atoms with Gasteiger partial charge in [-0.15, -0.1) is 0 Å². The molecule has 0 aliphatic heterocycles. The summed E-state index contributed by atoms with van der Waals surface area (Å²) in [5.74, 6) is -1.82. The maximum Gasteiger partial charge on any atom is 0.338 e. The van der Waals surface area contributed by atoms with Crippen LogP contribution in [0.2, 0.25) is 0 Å². The average molecular weight is 296 g/mol. The van der Waals surface area contributed by atoms with E-state index in [-0.39, 0.29) is 11.1 Å². The maximum atomic E-state index is 13.2. The maximum absolute atomic E-state index is 13.2. The molecule has 0 unspecified atom stereocenters. The third-order valence-electron chi connectivity index (χ3n) is 3.72. The van der Waals surface area contributed by atoms with Crippen LogP contribution in [-0.2, 0) is 0 Å². The Hall–Kier alpha value is -2.11. The molecule has 0 bridgehead atoms. The number of rotatable bonds is 5. The highest BCUT2D eigenvalue weighted by atomic mass is 19.1. The van der Waals surface area contributed by atoms with Gasteiger partial charge in [-0.05, 0) is 29.5 Å². The van der Waals surface area contributed by atoms with Gasteiger partial charge in [-0.3, -0.25) is 0 Å². The van der Waals surface area contributed by atoms with Crippen molar-refractivity contribution in [2.75, 3.05) is 11.9 Å². The first-order valence-electron chi connectivity index (χ1n) is 6.71. The van der Waals surface area contributed by atoms with Crippen LogP contribution in [0.5, 0.6) is 0 Å². The molecule has 1 aromatic rings. The monoisotopic (exact) mass is 296 g/mol. The van der Waals surface area contributed by atoms with Gasteiger partial charge in [0.15, 0.2) is 0 Å². The Balaban J connectivity index is 2.68. The van der Waals surface area contributed by atoms with E-state index in [2.05, 4.69) is 24.5 Å². The Labute approximate surface area is 123 Å². The fourth-order valence-corrected chi connectivity index (χ4v) is 1.45. The Morgan fingerprint density at radius 2 is 1.95 bits per heavy atom. The van der Waals surface area contributed by atoms with Gasteiger partial charge in [0.1, 0.15) is 5.82 Å². The number of hydrogen-bond donors (Lipinski definition) is 3. The van der Waals surface area contributed by atoms with Crippen molar-refractivity contribution in [2.45, 2.75) is 27.7 Å². The number of carbonyl (C=O) groups excluding carboxylic acids is 1. The number of urea groups is 1. The molecule has 2 amide bonds. The number of hydrogen-bond acceptors (Lipinski definition) is 2. The minimum absolute atomic E-state index is 0.0631. The quantitative estimate of drug-likeness (QED) is 0.780. The zero-order chi connectivity index (χ0) is 16.2. The molecule has 0 spiro atoms. The highest BCUT2D eigenvalue weighted by Gasteiger charge is 2.23. The number of aromatic carboxylic acids is 1. The van der Waals surface area contributed by atoms with Crippen LogP contribution in [0.1, 0.15) is 38.1 Å². The van der Waals surface area contributed by atoms with Crippen LogP contribution in [0.3, 0.4) is 0 Å². The van der Waals surface area contributed by atoms with Crippen LogP contribution < -0.4 is 10.6 Å². The predicted molar refractivity (Wildman–Crippen MR) is 79.0 cm³/mol. The van der Waals surface area contributed by atoms with Crippen molar-refractivity contribution in [2.24, 2.45) is 11.3 Å². The second kappa shape index (κ2) is 6.56. The lowest BCUT2D eigenvalue weighted by Gasteiger charge is -2.29. The van der Waals surface area contributed by atoms with Gasteiger partial charge in [-0.2, -0.15) is 0 Å². The topological polar surface area (TPSA) is 78.4 Å². The molecule has 5 nitrogen and oxygen atoms in total. The molecule has 116 valence electrons. The van der Waals surface area contributed by atoms with Gasteiger partial charge in [0.2, 0.25) is 0 Å². The molecule has 0 fully saturated rings. The van der Waals surface area contributed by atoms with Crippen molar-refractivity contribution in [3.63, 3.8) is 0 Å². The molecule has 0 atom stereocenters. The van der Waals surface area contributed by atoms with Crippen LogP contribution in [0.4, 0.5) is 14.9 Å². The summed E-state index contributed by atoms with van der Waals surface area (Å²) >= 11 is 0. The van der Waals surface area contributed by atoms with E-state index in [1.54, 1.807) is 0 Å². The van der Waals surface area contributed by atoms with Crippen LogP contribution in [0, 0.1) is 17.2 Å². The Bertz CT molecular complexity index is 542. The summed E-state index contributed by atoms with van der Waals surface area (Å²) in [6.07, 6.45) is 0. The zero-order valence-electron chi connectivity index (χ0n) is 12.7. The Morgan fingerprint density at radius 1 is 1.33 bits per heavy atom. The number of amides is 2. The first-order valence-corrected chi connectivity index (χ1v) is 6.71. The van der Waals surface area contributed by atoms with Gasteiger partial charge in [-0.25, -0.2) is 14.0 Å². The molecule has 0 saturated heterocycles. The van der Waals surface area contributed by atoms with E-state index in [4.69, 9.17) is 5.11 Å². The van der Waals surface area contributed by atoms with E-state index >= 15 is 0 Å². The Morgan fingerprint density at radius 3 is 2.48 bits per heavy atom. The van der Waals surface area contributed by atoms with E-state index in [0.29, 0.717) is 12.5 Å². The second-order valence-electron chi connectivity index (χ2n) is 5.95. The minimum atomic E-state index is -1.38. The zero-order valence-corrected chi connectivity index (χ0v) is 12.7. The second-order valence-corrected chi connectivity index (χ2v) is 5.95. The fraction of sp³-hybridized carbons (Fsp3) is 0.467. The molecule has 1 aromatic carbocycles. The third-order valence-corrected chi connectivity index (χ3v) is 3.72. The molecule has 1 rings (SSSR count). The third kappa shape index (κ3) is 4.73. The molecule has 3 N–H and O–H groups in total. The standard InChI is InChI=1S/C15H21FN2O3/c1-9(2)15(3,4)8-17-14(21)18-10-5-6-12(16)11(7-10)13(19)20/h5-7,9H,8H2,1-4H3,(H,19,20)(H2,17,18,21). The number of carboxylic acids is 1. The molecule has 0 aromatic heterocycles. The fourth-order valence-electron chi connectivity index (χ4n) is 1.45. The van der Waals surface area contributed by atoms with Crippen LogP contribution >= 0.6 is 0 Å². The summed E-state index contributed by atoms with van der Waals surface area (Å²) < 4.78 is 13.2. The smallest absolute Gasteiger partial charge is 0.338 e. The molecule has 0 radical (unpaired) electrons. The van der Waals surface area contributed by atoms with E-state index in [0.717, 1.165) is 12.1 Å². The number of carbonyl (C=O) groups is 2. The van der Waals surface area contributed by atoms with Crippen LogP contribution in [0.25, 0.3) is 0 Å². The summed E-state index contributed by atoms with van der Waals surface area (Å²) in [4.78, 5) is 22.6. The molecule has 0 heterocycles. The number of benzene rings is 1. The first kappa shape index (κ1) is 16.9. The summed E-state index contributed by atoms with van der Waals surface area (Å²) in [7, 11) is 0. The molecular weight excluding hydrogens is 275 g/mol. The average Bonchev–Trinajstić information content (AvgIpc) is 2.38. The van der Waals surface area contributed by atoms with Crippen molar-refractivity contribution in [3.8, 4) is 0 Å². The number of nitrogens with one attached hydrogen (secondary N) is 2. The lowest BCUT2D eigenvalue weighted by Crippen LogP contribution is -2.39. The van der Waals surface area contributed by atoms with Crippen molar-refractivity contribution < 1.29 is 19.1 Å². The predicted octanol–water partition coefficient (Wildman–Crippen LogP) is 3.33. The van der Waals surface area contributed by atoms with E-state index in [1.807, 2.05) is 13.8 Å². The number of anilines is 1. The van der Waals surface area contributed by atoms with E-state index in [9.17, 15) is 14.0 Å². The summed E-state index contributed by atoms with van der Waals surface area (Å²) in [6, 6.07) is 2.96. The number of carboxylic acid groups (broad SMARTS) is 1. The first-order chi connectivity index (χ1) is 9.63. The molecule has 0 aliphatic carbocycles. The van der Waals surface area contributed by atoms with Crippen molar-refractivity contribution in [1.82, 2.24) is 5.32 Å².